The van der Waals surface area contributed by atoms with Crippen LogP contribution in [0.1, 0.15) is 20.3 Å². The number of rotatable bonds is 2. The molecule has 0 radical (unpaired) electrons. The molecule has 0 fully saturated rings. The van der Waals surface area contributed by atoms with E-state index in [4.69, 9.17) is 0 Å². The Hall–Kier alpha value is -1.31. The van der Waals surface area contributed by atoms with Crippen LogP contribution in [-0.2, 0) is 4.79 Å². The number of hydrogen-bond acceptors (Lipinski definition) is 1. The lowest BCUT2D eigenvalue weighted by atomic mass is 10.1. The molecule has 64 valence electrons. The Balaban J connectivity index is 2.83. The molecule has 0 aromatic rings. The molecule has 0 aromatic carbocycles. The molecule has 0 spiro atoms. The Labute approximate surface area is 72.7 Å². The molecule has 0 atom stereocenters. The minimum atomic E-state index is 0.0793. The minimum Gasteiger partial charge on any atom is -0.329 e. The number of amides is 1. The zero-order chi connectivity index (χ0) is 9.14. The van der Waals surface area contributed by atoms with Crippen LogP contribution >= 0.6 is 0 Å². The zero-order valence-corrected chi connectivity index (χ0v) is 7.48. The van der Waals surface area contributed by atoms with E-state index in [1.54, 1.807) is 6.08 Å². The summed E-state index contributed by atoms with van der Waals surface area (Å²) in [6, 6.07) is 0. The van der Waals surface area contributed by atoms with E-state index in [-0.39, 0.29) is 5.91 Å². The van der Waals surface area contributed by atoms with Crippen molar-refractivity contribution in [3.8, 4) is 0 Å². The van der Waals surface area contributed by atoms with Crippen LogP contribution in [0.2, 0.25) is 0 Å². The van der Waals surface area contributed by atoms with E-state index in [0.717, 1.165) is 16.8 Å². The van der Waals surface area contributed by atoms with Crippen molar-refractivity contribution in [2.24, 2.45) is 0 Å². The number of nitrogens with one attached hydrogen (secondary N) is 1. The highest BCUT2D eigenvalue weighted by atomic mass is 16.1. The Morgan fingerprint density at radius 3 is 2.75 bits per heavy atom. The average Bonchev–Trinajstić information content (AvgIpc) is 2.30. The quantitative estimate of drug-likeness (QED) is 0.619. The summed E-state index contributed by atoms with van der Waals surface area (Å²) in [6.07, 6.45) is 4.26. The fraction of sp³-hybridized carbons (Fsp3) is 0.300. The molecule has 1 amide bonds. The Morgan fingerprint density at radius 1 is 1.67 bits per heavy atom. The van der Waals surface area contributed by atoms with E-state index in [2.05, 4.69) is 11.9 Å². The van der Waals surface area contributed by atoms with Gasteiger partial charge in [-0.05, 0) is 19.4 Å². The lowest BCUT2D eigenvalue weighted by Crippen LogP contribution is -2.12. The summed E-state index contributed by atoms with van der Waals surface area (Å²) in [5, 5.41) is 2.76. The number of hydrogen-bond donors (Lipinski definition) is 1. The fourth-order valence-corrected chi connectivity index (χ4v) is 1.13. The van der Waals surface area contributed by atoms with Crippen molar-refractivity contribution in [2.75, 3.05) is 0 Å². The second-order valence-electron chi connectivity index (χ2n) is 2.97. The van der Waals surface area contributed by atoms with Gasteiger partial charge in [0.15, 0.2) is 0 Å². The van der Waals surface area contributed by atoms with Gasteiger partial charge in [-0.2, -0.15) is 0 Å². The molecule has 2 nitrogen and oxygen atoms in total. The Kier molecular flexibility index (Phi) is 2.48. The first-order valence-corrected chi connectivity index (χ1v) is 3.94. The van der Waals surface area contributed by atoms with E-state index in [0.29, 0.717) is 6.42 Å². The second-order valence-corrected chi connectivity index (χ2v) is 2.97. The van der Waals surface area contributed by atoms with Gasteiger partial charge in [-0.1, -0.05) is 24.3 Å². The highest BCUT2D eigenvalue weighted by Gasteiger charge is 2.15. The Morgan fingerprint density at radius 2 is 2.33 bits per heavy atom. The largest absolute Gasteiger partial charge is 0.329 e. The van der Waals surface area contributed by atoms with Crippen LogP contribution in [0.3, 0.4) is 0 Å². The zero-order valence-electron chi connectivity index (χ0n) is 7.48. The maximum Gasteiger partial charge on any atom is 0.228 e. The number of allylic oxidation sites excluding steroid dienone is 4. The van der Waals surface area contributed by atoms with Crippen molar-refractivity contribution in [3.05, 3.63) is 35.6 Å². The standard InChI is InChI=1S/C10H13NO/c1-4-7(2)5-9-6-10(12)11-8(9)3/h4-5H,1,6H2,2-3H3,(H,11,12)/b7-5-. The maximum absolute atomic E-state index is 10.9. The molecule has 0 saturated carbocycles. The third-order valence-corrected chi connectivity index (χ3v) is 1.88. The summed E-state index contributed by atoms with van der Waals surface area (Å²) < 4.78 is 0. The molecular weight excluding hydrogens is 150 g/mol. The van der Waals surface area contributed by atoms with Gasteiger partial charge in [-0.15, -0.1) is 0 Å². The fourth-order valence-electron chi connectivity index (χ4n) is 1.13. The van der Waals surface area contributed by atoms with Crippen LogP contribution in [0.4, 0.5) is 0 Å². The molecule has 0 saturated heterocycles. The van der Waals surface area contributed by atoms with Crippen molar-refractivity contribution in [1.29, 1.82) is 0 Å². The van der Waals surface area contributed by atoms with Crippen LogP contribution in [0.25, 0.3) is 0 Å². The summed E-state index contributed by atoms with van der Waals surface area (Å²) in [5.41, 5.74) is 3.11. The third kappa shape index (κ3) is 1.84. The Bertz CT molecular complexity index is 284. The van der Waals surface area contributed by atoms with E-state index in [1.807, 2.05) is 19.9 Å². The summed E-state index contributed by atoms with van der Waals surface area (Å²) in [5.74, 6) is 0.0793. The predicted octanol–water partition coefficient (Wildman–Crippen LogP) is 1.91. The van der Waals surface area contributed by atoms with Crippen molar-refractivity contribution < 1.29 is 4.79 Å². The first-order valence-electron chi connectivity index (χ1n) is 3.94. The molecule has 0 aliphatic carbocycles. The van der Waals surface area contributed by atoms with Crippen molar-refractivity contribution in [2.45, 2.75) is 20.3 Å². The molecular formula is C10H13NO. The molecule has 0 aromatic heterocycles. The summed E-state index contributed by atoms with van der Waals surface area (Å²) in [7, 11) is 0. The molecule has 1 aliphatic rings. The minimum absolute atomic E-state index is 0.0793. The SMILES string of the molecule is C=C/C(C)=C\C1=C(C)NC(=O)C1. The molecule has 1 aliphatic heterocycles. The third-order valence-electron chi connectivity index (χ3n) is 1.88. The van der Waals surface area contributed by atoms with Gasteiger partial charge in [-0.25, -0.2) is 0 Å². The normalized spacial score (nSPS) is 18.2. The first-order chi connectivity index (χ1) is 5.63. The van der Waals surface area contributed by atoms with Gasteiger partial charge in [-0.3, -0.25) is 4.79 Å². The molecule has 2 heteroatoms. The predicted molar refractivity (Wildman–Crippen MR) is 49.4 cm³/mol. The van der Waals surface area contributed by atoms with Gasteiger partial charge in [0.25, 0.3) is 0 Å². The van der Waals surface area contributed by atoms with E-state index in [9.17, 15) is 4.79 Å². The summed E-state index contributed by atoms with van der Waals surface area (Å²) in [6.45, 7) is 7.53. The van der Waals surface area contributed by atoms with Gasteiger partial charge in [0.05, 0.1) is 6.42 Å². The highest BCUT2D eigenvalue weighted by Crippen LogP contribution is 2.16. The average molecular weight is 163 g/mol. The summed E-state index contributed by atoms with van der Waals surface area (Å²) >= 11 is 0. The summed E-state index contributed by atoms with van der Waals surface area (Å²) in [4.78, 5) is 10.9. The van der Waals surface area contributed by atoms with Gasteiger partial charge >= 0.3 is 0 Å². The number of carbonyl (C=O) groups excluding carboxylic acids is 1. The van der Waals surface area contributed by atoms with Crippen molar-refractivity contribution >= 4 is 5.91 Å². The van der Waals surface area contributed by atoms with Gasteiger partial charge in [0.1, 0.15) is 0 Å². The molecule has 1 rings (SSSR count). The van der Waals surface area contributed by atoms with Gasteiger partial charge in [0, 0.05) is 5.70 Å². The number of carbonyl (C=O) groups is 1. The topological polar surface area (TPSA) is 29.1 Å². The van der Waals surface area contributed by atoms with Crippen LogP contribution in [0.15, 0.2) is 35.6 Å². The lowest BCUT2D eigenvalue weighted by Gasteiger charge is -1.94. The van der Waals surface area contributed by atoms with E-state index in [1.165, 1.54) is 0 Å². The molecule has 0 bridgehead atoms. The molecule has 12 heavy (non-hydrogen) atoms. The van der Waals surface area contributed by atoms with Gasteiger partial charge in [0.2, 0.25) is 5.91 Å². The van der Waals surface area contributed by atoms with Crippen molar-refractivity contribution in [3.63, 3.8) is 0 Å². The second kappa shape index (κ2) is 3.39. The monoisotopic (exact) mass is 163 g/mol. The molecule has 0 unspecified atom stereocenters. The first kappa shape index (κ1) is 8.78. The smallest absolute Gasteiger partial charge is 0.228 e. The maximum atomic E-state index is 10.9. The van der Waals surface area contributed by atoms with Crippen LogP contribution in [0.5, 0.6) is 0 Å². The highest BCUT2D eigenvalue weighted by molar-refractivity contribution is 5.84. The van der Waals surface area contributed by atoms with Crippen LogP contribution in [0, 0.1) is 0 Å². The van der Waals surface area contributed by atoms with Crippen LogP contribution < -0.4 is 5.32 Å². The van der Waals surface area contributed by atoms with Crippen LogP contribution in [-0.4, -0.2) is 5.91 Å². The van der Waals surface area contributed by atoms with Crippen molar-refractivity contribution in [1.82, 2.24) is 5.32 Å². The molecule has 1 N–H and O–H groups in total. The molecule has 1 heterocycles. The van der Waals surface area contributed by atoms with Gasteiger partial charge < -0.3 is 5.32 Å². The van der Waals surface area contributed by atoms with E-state index >= 15 is 0 Å². The lowest BCUT2D eigenvalue weighted by molar-refractivity contribution is -0.118. The van der Waals surface area contributed by atoms with E-state index < -0.39 is 0 Å².